The third-order valence-electron chi connectivity index (χ3n) is 1.79. The van der Waals surface area contributed by atoms with Gasteiger partial charge < -0.3 is 4.57 Å². The molecule has 0 aliphatic rings. The summed E-state index contributed by atoms with van der Waals surface area (Å²) in [5.41, 5.74) is 1.24. The molecule has 1 aromatic heterocycles. The number of aromatic nitrogens is 2. The first-order chi connectivity index (χ1) is 4.75. The molecule has 0 bridgehead atoms. The predicted molar refractivity (Wildman–Crippen MR) is 41.9 cm³/mol. The van der Waals surface area contributed by atoms with Gasteiger partial charge >= 0.3 is 0 Å². The van der Waals surface area contributed by atoms with Crippen molar-refractivity contribution in [2.45, 2.75) is 26.7 Å². The minimum absolute atomic E-state index is 1.09. The Kier molecular flexibility index (Phi) is 2.10. The quantitative estimate of drug-likeness (QED) is 0.608. The van der Waals surface area contributed by atoms with Crippen molar-refractivity contribution in [3.63, 3.8) is 0 Å². The first-order valence-corrected chi connectivity index (χ1v) is 3.73. The molecule has 0 aromatic carbocycles. The van der Waals surface area contributed by atoms with Gasteiger partial charge in [0.05, 0.1) is 0 Å². The summed E-state index contributed by atoms with van der Waals surface area (Å²) in [6.07, 6.45) is 4.18. The van der Waals surface area contributed by atoms with Crippen molar-refractivity contribution in [1.29, 1.82) is 0 Å². The molecular formula is C8H14N2. The molecule has 0 radical (unpaired) electrons. The molecule has 0 saturated carbocycles. The van der Waals surface area contributed by atoms with Gasteiger partial charge in [-0.05, 0) is 13.3 Å². The molecule has 1 heterocycles. The van der Waals surface area contributed by atoms with E-state index in [2.05, 4.69) is 30.4 Å². The maximum Gasteiger partial charge on any atom is 0.108 e. The van der Waals surface area contributed by atoms with Crippen molar-refractivity contribution in [1.82, 2.24) is 9.55 Å². The number of aryl methyl sites for hydroxylation is 2. The molecule has 0 fully saturated rings. The molecule has 2 nitrogen and oxygen atoms in total. The average Bonchev–Trinajstić information content (AvgIpc) is 2.20. The zero-order chi connectivity index (χ0) is 7.56. The third kappa shape index (κ3) is 1.20. The summed E-state index contributed by atoms with van der Waals surface area (Å²) in [5.74, 6) is 1.19. The molecule has 0 unspecified atom stereocenters. The summed E-state index contributed by atoms with van der Waals surface area (Å²) in [6.45, 7) is 4.25. The van der Waals surface area contributed by atoms with Gasteiger partial charge in [0.2, 0.25) is 0 Å². The summed E-state index contributed by atoms with van der Waals surface area (Å²) >= 11 is 0. The standard InChI is InChI=1S/C8H14N2/c1-4-5-8-9-6-7(2)10(8)3/h6H,4-5H2,1-3H3. The molecule has 1 rings (SSSR count). The smallest absolute Gasteiger partial charge is 0.108 e. The summed E-state index contributed by atoms with van der Waals surface area (Å²) in [6, 6.07) is 0. The number of nitrogens with zero attached hydrogens (tertiary/aromatic N) is 2. The predicted octanol–water partition coefficient (Wildman–Crippen LogP) is 1.68. The van der Waals surface area contributed by atoms with Crippen LogP contribution in [0, 0.1) is 6.92 Å². The van der Waals surface area contributed by atoms with Crippen LogP contribution in [0.5, 0.6) is 0 Å². The topological polar surface area (TPSA) is 17.8 Å². The fraction of sp³-hybridized carbons (Fsp3) is 0.625. The molecule has 0 spiro atoms. The molecule has 0 aliphatic heterocycles. The summed E-state index contributed by atoms with van der Waals surface area (Å²) in [5, 5.41) is 0. The van der Waals surface area contributed by atoms with Gasteiger partial charge in [-0.25, -0.2) is 4.98 Å². The van der Waals surface area contributed by atoms with Gasteiger partial charge in [0.1, 0.15) is 5.82 Å². The van der Waals surface area contributed by atoms with E-state index < -0.39 is 0 Å². The highest BCUT2D eigenvalue weighted by Crippen LogP contribution is 2.02. The normalized spacial score (nSPS) is 10.3. The van der Waals surface area contributed by atoms with Crippen molar-refractivity contribution in [2.24, 2.45) is 7.05 Å². The molecule has 0 atom stereocenters. The lowest BCUT2D eigenvalue weighted by molar-refractivity contribution is 0.745. The molecular weight excluding hydrogens is 124 g/mol. The van der Waals surface area contributed by atoms with Gasteiger partial charge in [-0.1, -0.05) is 6.92 Å². The van der Waals surface area contributed by atoms with Crippen LogP contribution in [0.2, 0.25) is 0 Å². The van der Waals surface area contributed by atoms with Crippen molar-refractivity contribution in [3.8, 4) is 0 Å². The second-order valence-electron chi connectivity index (χ2n) is 2.62. The Balaban J connectivity index is 2.83. The molecule has 56 valence electrons. The molecule has 0 saturated heterocycles. The van der Waals surface area contributed by atoms with Crippen LogP contribution >= 0.6 is 0 Å². The molecule has 1 aromatic rings. The Hall–Kier alpha value is -0.790. The average molecular weight is 138 g/mol. The Bertz CT molecular complexity index is 213. The van der Waals surface area contributed by atoms with E-state index in [0.717, 1.165) is 6.42 Å². The number of hydrogen-bond donors (Lipinski definition) is 0. The van der Waals surface area contributed by atoms with Gasteiger partial charge in [-0.15, -0.1) is 0 Å². The second kappa shape index (κ2) is 2.86. The summed E-state index contributed by atoms with van der Waals surface area (Å²) < 4.78 is 2.14. The largest absolute Gasteiger partial charge is 0.335 e. The van der Waals surface area contributed by atoms with Crippen LogP contribution in [-0.4, -0.2) is 9.55 Å². The van der Waals surface area contributed by atoms with Gasteiger partial charge in [-0.3, -0.25) is 0 Å². The number of rotatable bonds is 2. The SMILES string of the molecule is CCCc1ncc(C)n1C. The van der Waals surface area contributed by atoms with Crippen molar-refractivity contribution >= 4 is 0 Å². The first kappa shape index (κ1) is 7.32. The Morgan fingerprint density at radius 1 is 1.60 bits per heavy atom. The van der Waals surface area contributed by atoms with Crippen molar-refractivity contribution in [2.75, 3.05) is 0 Å². The van der Waals surface area contributed by atoms with Gasteiger partial charge in [0.25, 0.3) is 0 Å². The lowest BCUT2D eigenvalue weighted by Crippen LogP contribution is -1.98. The van der Waals surface area contributed by atoms with Gasteiger partial charge in [0, 0.05) is 25.4 Å². The van der Waals surface area contributed by atoms with Gasteiger partial charge in [-0.2, -0.15) is 0 Å². The summed E-state index contributed by atoms with van der Waals surface area (Å²) in [4.78, 5) is 4.27. The lowest BCUT2D eigenvalue weighted by Gasteiger charge is -1.99. The highest BCUT2D eigenvalue weighted by Gasteiger charge is 1.99. The van der Waals surface area contributed by atoms with Crippen molar-refractivity contribution in [3.05, 3.63) is 17.7 Å². The van der Waals surface area contributed by atoms with E-state index in [0.29, 0.717) is 0 Å². The van der Waals surface area contributed by atoms with Gasteiger partial charge in [0.15, 0.2) is 0 Å². The van der Waals surface area contributed by atoms with Crippen LogP contribution in [0.25, 0.3) is 0 Å². The van der Waals surface area contributed by atoms with Crippen molar-refractivity contribution < 1.29 is 0 Å². The van der Waals surface area contributed by atoms with E-state index >= 15 is 0 Å². The Morgan fingerprint density at radius 3 is 2.70 bits per heavy atom. The van der Waals surface area contributed by atoms with E-state index in [1.165, 1.54) is 17.9 Å². The van der Waals surface area contributed by atoms with Crippen LogP contribution in [0.1, 0.15) is 24.9 Å². The molecule has 0 amide bonds. The minimum Gasteiger partial charge on any atom is -0.335 e. The fourth-order valence-electron chi connectivity index (χ4n) is 1.00. The molecule has 0 N–H and O–H groups in total. The Labute approximate surface area is 61.9 Å². The van der Waals surface area contributed by atoms with Crippen LogP contribution < -0.4 is 0 Å². The zero-order valence-electron chi connectivity index (χ0n) is 6.89. The van der Waals surface area contributed by atoms with Crippen LogP contribution in [0.3, 0.4) is 0 Å². The third-order valence-corrected chi connectivity index (χ3v) is 1.79. The highest BCUT2D eigenvalue weighted by atomic mass is 15.0. The maximum atomic E-state index is 4.27. The summed E-state index contributed by atoms with van der Waals surface area (Å²) in [7, 11) is 2.06. The Morgan fingerprint density at radius 2 is 2.30 bits per heavy atom. The van der Waals surface area contributed by atoms with E-state index in [4.69, 9.17) is 0 Å². The zero-order valence-corrected chi connectivity index (χ0v) is 6.89. The first-order valence-electron chi connectivity index (χ1n) is 3.73. The minimum atomic E-state index is 1.09. The molecule has 10 heavy (non-hydrogen) atoms. The van der Waals surface area contributed by atoms with E-state index in [-0.39, 0.29) is 0 Å². The number of hydrogen-bond acceptors (Lipinski definition) is 1. The van der Waals surface area contributed by atoms with E-state index in [9.17, 15) is 0 Å². The van der Waals surface area contributed by atoms with Crippen LogP contribution in [-0.2, 0) is 13.5 Å². The molecule has 2 heteroatoms. The highest BCUT2D eigenvalue weighted by molar-refractivity contribution is 5.02. The maximum absolute atomic E-state index is 4.27. The van der Waals surface area contributed by atoms with E-state index in [1.54, 1.807) is 0 Å². The second-order valence-corrected chi connectivity index (χ2v) is 2.62. The lowest BCUT2D eigenvalue weighted by atomic mass is 10.3. The fourth-order valence-corrected chi connectivity index (χ4v) is 1.00. The van der Waals surface area contributed by atoms with Crippen LogP contribution in [0.4, 0.5) is 0 Å². The van der Waals surface area contributed by atoms with Crippen LogP contribution in [0.15, 0.2) is 6.20 Å². The monoisotopic (exact) mass is 138 g/mol. The number of imidazole rings is 1. The van der Waals surface area contributed by atoms with E-state index in [1.807, 2.05) is 6.20 Å². The molecule has 0 aliphatic carbocycles.